The fraction of sp³-hybridized carbons (Fsp3) is 0.714. The maximum absolute atomic E-state index is 11.8. The van der Waals surface area contributed by atoms with Gasteiger partial charge in [-0.2, -0.15) is 13.2 Å². The zero-order valence-electron chi connectivity index (χ0n) is 8.13. The number of aliphatic carboxylic acids is 1. The summed E-state index contributed by atoms with van der Waals surface area (Å²) in [5, 5.41) is 9.91. The van der Waals surface area contributed by atoms with Crippen molar-refractivity contribution >= 4 is 11.9 Å². The number of hydrogen-bond acceptors (Lipinski definition) is 3. The molecule has 0 aliphatic carbocycles. The molecule has 0 saturated heterocycles. The van der Waals surface area contributed by atoms with Crippen molar-refractivity contribution in [2.24, 2.45) is 0 Å². The Hall–Kier alpha value is -1.31. The fourth-order valence-electron chi connectivity index (χ4n) is 0.791. The van der Waals surface area contributed by atoms with Gasteiger partial charge >= 0.3 is 18.1 Å². The summed E-state index contributed by atoms with van der Waals surface area (Å²) in [5.41, 5.74) is 0. The molecule has 1 amide bonds. The Morgan fingerprint density at radius 1 is 1.40 bits per heavy atom. The van der Waals surface area contributed by atoms with Crippen LogP contribution < -0.4 is 5.32 Å². The van der Waals surface area contributed by atoms with Gasteiger partial charge in [-0.25, -0.2) is 4.79 Å². The quantitative estimate of drug-likeness (QED) is 0.691. The number of carboxylic acid groups (broad SMARTS) is 1. The maximum Gasteiger partial charge on any atom is 0.471 e. The smallest absolute Gasteiger partial charge is 0.471 e. The Bertz CT molecular complexity index is 252. The third kappa shape index (κ3) is 5.21. The van der Waals surface area contributed by atoms with Gasteiger partial charge < -0.3 is 15.3 Å². The van der Waals surface area contributed by atoms with Crippen molar-refractivity contribution in [3.63, 3.8) is 0 Å². The van der Waals surface area contributed by atoms with Crippen LogP contribution in [0.3, 0.4) is 0 Å². The maximum atomic E-state index is 11.8. The number of alkyl halides is 3. The number of amides is 1. The first-order valence-corrected chi connectivity index (χ1v) is 3.90. The SMILES string of the molecule is CN(C)C[C@H](NC(=O)C(F)(F)F)C(=O)O. The molecule has 0 heterocycles. The molecule has 0 radical (unpaired) electrons. The molecule has 5 nitrogen and oxygen atoms in total. The summed E-state index contributed by atoms with van der Waals surface area (Å²) in [4.78, 5) is 22.3. The minimum absolute atomic E-state index is 0.211. The van der Waals surface area contributed by atoms with E-state index in [1.54, 1.807) is 0 Å². The number of hydrogen-bond donors (Lipinski definition) is 2. The molecule has 0 spiro atoms. The molecule has 0 rings (SSSR count). The van der Waals surface area contributed by atoms with Crippen molar-refractivity contribution in [3.8, 4) is 0 Å². The predicted molar refractivity (Wildman–Crippen MR) is 44.2 cm³/mol. The second-order valence-electron chi connectivity index (χ2n) is 3.12. The highest BCUT2D eigenvalue weighted by atomic mass is 19.4. The summed E-state index contributed by atoms with van der Waals surface area (Å²) in [6, 6.07) is -1.57. The molecule has 0 saturated carbocycles. The Kier molecular flexibility index (Phi) is 4.53. The van der Waals surface area contributed by atoms with Gasteiger partial charge in [0.15, 0.2) is 0 Å². The zero-order valence-corrected chi connectivity index (χ0v) is 8.13. The highest BCUT2D eigenvalue weighted by Gasteiger charge is 2.40. The van der Waals surface area contributed by atoms with E-state index >= 15 is 0 Å². The minimum atomic E-state index is -5.07. The van der Waals surface area contributed by atoms with Gasteiger partial charge in [-0.3, -0.25) is 4.79 Å². The Balaban J connectivity index is 4.43. The summed E-state index contributed by atoms with van der Waals surface area (Å²) >= 11 is 0. The van der Waals surface area contributed by atoms with E-state index in [9.17, 15) is 22.8 Å². The van der Waals surface area contributed by atoms with Crippen LogP contribution in [0.4, 0.5) is 13.2 Å². The lowest BCUT2D eigenvalue weighted by Gasteiger charge is -2.19. The second-order valence-corrected chi connectivity index (χ2v) is 3.12. The highest BCUT2D eigenvalue weighted by molar-refractivity contribution is 5.87. The topological polar surface area (TPSA) is 69.6 Å². The van der Waals surface area contributed by atoms with E-state index in [0.29, 0.717) is 0 Å². The molecule has 8 heteroatoms. The number of nitrogens with zero attached hydrogens (tertiary/aromatic N) is 1. The lowest BCUT2D eigenvalue weighted by molar-refractivity contribution is -0.175. The third-order valence-electron chi connectivity index (χ3n) is 1.41. The lowest BCUT2D eigenvalue weighted by Crippen LogP contribution is -2.51. The number of likely N-dealkylation sites (N-methyl/N-ethyl adjacent to an activating group) is 1. The molecule has 0 aliphatic rings. The van der Waals surface area contributed by atoms with Crippen molar-refractivity contribution in [3.05, 3.63) is 0 Å². The summed E-state index contributed by atoms with van der Waals surface area (Å²) in [6.45, 7) is -0.211. The van der Waals surface area contributed by atoms with Crippen LogP contribution >= 0.6 is 0 Å². The van der Waals surface area contributed by atoms with Crippen molar-refractivity contribution in [1.82, 2.24) is 10.2 Å². The standard InChI is InChI=1S/C7H11F3N2O3/c1-12(2)3-4(5(13)14)11-6(15)7(8,9)10/h4H,3H2,1-2H3,(H,11,15)(H,13,14)/t4-/m0/s1. The highest BCUT2D eigenvalue weighted by Crippen LogP contribution is 2.14. The largest absolute Gasteiger partial charge is 0.480 e. The number of carbonyl (C=O) groups is 2. The van der Waals surface area contributed by atoms with Crippen LogP contribution in [-0.2, 0) is 9.59 Å². The lowest BCUT2D eigenvalue weighted by atomic mass is 10.3. The van der Waals surface area contributed by atoms with Crippen LogP contribution in [0.5, 0.6) is 0 Å². The second kappa shape index (κ2) is 4.96. The molecule has 15 heavy (non-hydrogen) atoms. The van der Waals surface area contributed by atoms with E-state index in [1.807, 2.05) is 0 Å². The first kappa shape index (κ1) is 13.7. The van der Waals surface area contributed by atoms with E-state index in [-0.39, 0.29) is 6.54 Å². The average Bonchev–Trinajstić information content (AvgIpc) is 1.99. The van der Waals surface area contributed by atoms with Crippen LogP contribution in [0.2, 0.25) is 0 Å². The molecular weight excluding hydrogens is 217 g/mol. The van der Waals surface area contributed by atoms with Crippen molar-refractivity contribution in [1.29, 1.82) is 0 Å². The van der Waals surface area contributed by atoms with Crippen molar-refractivity contribution in [2.75, 3.05) is 20.6 Å². The number of nitrogens with one attached hydrogen (secondary N) is 1. The van der Waals surface area contributed by atoms with Crippen LogP contribution in [0.25, 0.3) is 0 Å². The van der Waals surface area contributed by atoms with E-state index < -0.39 is 24.1 Å². The Labute approximate surface area is 83.9 Å². The number of carbonyl (C=O) groups excluding carboxylic acids is 1. The number of rotatable bonds is 4. The van der Waals surface area contributed by atoms with E-state index in [1.165, 1.54) is 24.3 Å². The molecule has 0 unspecified atom stereocenters. The van der Waals surface area contributed by atoms with Gasteiger partial charge in [0.1, 0.15) is 6.04 Å². The fourth-order valence-corrected chi connectivity index (χ4v) is 0.791. The van der Waals surface area contributed by atoms with Crippen LogP contribution in [0, 0.1) is 0 Å². The Morgan fingerprint density at radius 3 is 2.13 bits per heavy atom. The molecule has 0 bridgehead atoms. The molecule has 0 fully saturated rings. The summed E-state index contributed by atoms with van der Waals surface area (Å²) < 4.78 is 35.4. The molecule has 0 aromatic carbocycles. The summed E-state index contributed by atoms with van der Waals surface area (Å²) in [6.07, 6.45) is -5.07. The molecule has 2 N–H and O–H groups in total. The summed E-state index contributed by atoms with van der Waals surface area (Å²) in [5.74, 6) is -3.77. The Morgan fingerprint density at radius 2 is 1.87 bits per heavy atom. The van der Waals surface area contributed by atoms with Gasteiger partial charge in [0, 0.05) is 6.54 Å². The number of halogens is 3. The van der Waals surface area contributed by atoms with Gasteiger partial charge in [0.2, 0.25) is 0 Å². The average molecular weight is 228 g/mol. The van der Waals surface area contributed by atoms with E-state index in [0.717, 1.165) is 0 Å². The predicted octanol–water partition coefficient (Wildman–Crippen LogP) is -0.320. The van der Waals surface area contributed by atoms with E-state index in [2.05, 4.69) is 0 Å². The monoisotopic (exact) mass is 228 g/mol. The van der Waals surface area contributed by atoms with Gasteiger partial charge in [-0.1, -0.05) is 0 Å². The summed E-state index contributed by atoms with van der Waals surface area (Å²) in [7, 11) is 2.96. The molecule has 88 valence electrons. The van der Waals surface area contributed by atoms with Gasteiger partial charge in [0.25, 0.3) is 0 Å². The molecular formula is C7H11F3N2O3. The van der Waals surface area contributed by atoms with E-state index in [4.69, 9.17) is 5.11 Å². The van der Waals surface area contributed by atoms with Crippen LogP contribution in [-0.4, -0.2) is 54.7 Å². The zero-order chi connectivity index (χ0) is 12.2. The normalized spacial score (nSPS) is 13.7. The minimum Gasteiger partial charge on any atom is -0.480 e. The molecule has 0 aromatic heterocycles. The third-order valence-corrected chi connectivity index (χ3v) is 1.41. The van der Waals surface area contributed by atoms with Gasteiger partial charge in [0.05, 0.1) is 0 Å². The molecule has 0 aromatic rings. The van der Waals surface area contributed by atoms with Crippen molar-refractivity contribution in [2.45, 2.75) is 12.2 Å². The van der Waals surface area contributed by atoms with Gasteiger partial charge in [-0.05, 0) is 14.1 Å². The van der Waals surface area contributed by atoms with Crippen LogP contribution in [0.1, 0.15) is 0 Å². The van der Waals surface area contributed by atoms with Gasteiger partial charge in [-0.15, -0.1) is 0 Å². The number of carboxylic acids is 1. The first-order chi connectivity index (χ1) is 6.64. The van der Waals surface area contributed by atoms with Crippen molar-refractivity contribution < 1.29 is 27.9 Å². The molecule has 1 atom stereocenters. The first-order valence-electron chi connectivity index (χ1n) is 3.90. The van der Waals surface area contributed by atoms with Crippen LogP contribution in [0.15, 0.2) is 0 Å². The molecule has 0 aliphatic heterocycles.